The first-order chi connectivity index (χ1) is 17.9. The zero-order valence-electron chi connectivity index (χ0n) is 25.3. The number of carboxylic acid groups (broad SMARTS) is 1. The van der Waals surface area contributed by atoms with E-state index in [0.29, 0.717) is 12.8 Å². The summed E-state index contributed by atoms with van der Waals surface area (Å²) in [6.07, 6.45) is 4.82. The predicted octanol–water partition coefficient (Wildman–Crippen LogP) is 6.09. The van der Waals surface area contributed by atoms with Crippen molar-refractivity contribution in [1.82, 2.24) is 0 Å². The van der Waals surface area contributed by atoms with E-state index in [9.17, 15) is 19.5 Å². The van der Waals surface area contributed by atoms with E-state index in [1.54, 1.807) is 0 Å². The molecule has 7 heteroatoms. The fraction of sp³-hybridized carbons (Fsp3) is 0.844. The normalized spacial score (nSPS) is 42.1. The van der Waals surface area contributed by atoms with Gasteiger partial charge >= 0.3 is 17.9 Å². The molecule has 2 heterocycles. The highest BCUT2D eigenvalue weighted by Gasteiger charge is 2.71. The number of rotatable bonds is 7. The molecule has 4 fully saturated rings. The quantitative estimate of drug-likeness (QED) is 0.235. The number of allylic oxidation sites excluding steroid dienone is 1. The second-order valence-corrected chi connectivity index (χ2v) is 15.2. The molecule has 0 radical (unpaired) electrons. The molecule has 39 heavy (non-hydrogen) atoms. The Morgan fingerprint density at radius 1 is 1.15 bits per heavy atom. The number of epoxide rings is 1. The van der Waals surface area contributed by atoms with E-state index >= 15 is 0 Å². The SMILES string of the molecule is CC(=O)O[C@@H](C[C@@H](C)C1=C2CC3OC(=O)C[C@@]4(C)[C@H](C(C)(C)C(=O)O)CC[C@@](C)([C@@H]34)[C@@]2(C)CC1)[C@H]1OC1(C)C. The number of hydrogen-bond acceptors (Lipinski definition) is 6. The third-order valence-corrected chi connectivity index (χ3v) is 12.3. The van der Waals surface area contributed by atoms with Gasteiger partial charge in [0.25, 0.3) is 0 Å². The lowest BCUT2D eigenvalue weighted by Crippen LogP contribution is -2.67. The first-order valence-corrected chi connectivity index (χ1v) is 14.9. The topological polar surface area (TPSA) is 102 Å². The Balaban J connectivity index is 1.51. The zero-order valence-corrected chi connectivity index (χ0v) is 25.3. The van der Waals surface area contributed by atoms with Crippen molar-refractivity contribution in [3.05, 3.63) is 11.1 Å². The van der Waals surface area contributed by atoms with E-state index in [1.807, 2.05) is 27.7 Å². The van der Waals surface area contributed by atoms with E-state index < -0.39 is 16.8 Å². The van der Waals surface area contributed by atoms with Crippen LogP contribution in [0, 0.1) is 39.4 Å². The smallest absolute Gasteiger partial charge is 0.309 e. The minimum atomic E-state index is -0.922. The van der Waals surface area contributed by atoms with Crippen LogP contribution < -0.4 is 0 Å². The summed E-state index contributed by atoms with van der Waals surface area (Å²) in [5.41, 5.74) is 1.05. The van der Waals surface area contributed by atoms with Gasteiger partial charge in [-0.15, -0.1) is 0 Å². The molecule has 0 aromatic rings. The molecule has 218 valence electrons. The van der Waals surface area contributed by atoms with Gasteiger partial charge in [0.2, 0.25) is 0 Å². The number of carbonyl (C=O) groups excluding carboxylic acids is 2. The van der Waals surface area contributed by atoms with Crippen LogP contribution >= 0.6 is 0 Å². The maximum Gasteiger partial charge on any atom is 0.309 e. The lowest BCUT2D eigenvalue weighted by Gasteiger charge is -2.68. The number of esters is 2. The van der Waals surface area contributed by atoms with Crippen molar-refractivity contribution in [3.8, 4) is 0 Å². The second kappa shape index (κ2) is 8.80. The molecule has 2 aliphatic heterocycles. The van der Waals surface area contributed by atoms with Crippen LogP contribution in [0.2, 0.25) is 0 Å². The minimum Gasteiger partial charge on any atom is -0.481 e. The van der Waals surface area contributed by atoms with Crippen molar-refractivity contribution in [2.45, 2.75) is 131 Å². The van der Waals surface area contributed by atoms with Crippen molar-refractivity contribution in [3.63, 3.8) is 0 Å². The van der Waals surface area contributed by atoms with Gasteiger partial charge in [0.15, 0.2) is 0 Å². The summed E-state index contributed by atoms with van der Waals surface area (Å²) in [6.45, 7) is 18.4. The minimum absolute atomic E-state index is 0.0482. The van der Waals surface area contributed by atoms with Gasteiger partial charge in [-0.25, -0.2) is 0 Å². The van der Waals surface area contributed by atoms with Crippen molar-refractivity contribution < 1.29 is 33.7 Å². The van der Waals surface area contributed by atoms with Crippen molar-refractivity contribution in [2.75, 3.05) is 0 Å². The summed E-state index contributed by atoms with van der Waals surface area (Å²) < 4.78 is 17.8. The van der Waals surface area contributed by atoms with Gasteiger partial charge in [-0.1, -0.05) is 38.8 Å². The number of carbonyl (C=O) groups is 3. The maximum absolute atomic E-state index is 13.1. The van der Waals surface area contributed by atoms with Gasteiger partial charge in [-0.05, 0) is 87.9 Å². The predicted molar refractivity (Wildman–Crippen MR) is 146 cm³/mol. The van der Waals surface area contributed by atoms with Crippen molar-refractivity contribution in [1.29, 1.82) is 0 Å². The van der Waals surface area contributed by atoms with E-state index in [-0.39, 0.29) is 70.9 Å². The van der Waals surface area contributed by atoms with Gasteiger partial charge in [-0.3, -0.25) is 14.4 Å². The van der Waals surface area contributed by atoms with Crippen LogP contribution in [0.25, 0.3) is 0 Å². The van der Waals surface area contributed by atoms with E-state index in [2.05, 4.69) is 27.7 Å². The van der Waals surface area contributed by atoms with Gasteiger partial charge in [0, 0.05) is 19.3 Å². The average Bonchev–Trinajstić information content (AvgIpc) is 3.28. The molecule has 2 saturated heterocycles. The summed E-state index contributed by atoms with van der Waals surface area (Å²) in [5.74, 6) is -1.06. The molecule has 5 aliphatic rings. The summed E-state index contributed by atoms with van der Waals surface area (Å²) in [7, 11) is 0. The standard InChI is InChI=1S/C32H48O7/c1-17(14-22(37-18(2)33)26-29(5,6)39-26)19-10-12-31(8)20(19)15-21-25-30(7,16-24(34)38-21)23(11-13-32(25,31)9)28(3,4)27(35)36/h17,21-23,25-26H,10-16H2,1-9H3,(H,35,36)/t17-,21?,22+,23+,25+,26-,30+,31+,32+/m1/s1. The molecule has 7 nitrogen and oxygen atoms in total. The van der Waals surface area contributed by atoms with Crippen molar-refractivity contribution in [2.24, 2.45) is 39.4 Å². The van der Waals surface area contributed by atoms with Crippen molar-refractivity contribution >= 4 is 17.9 Å². The molecule has 0 aromatic carbocycles. The Morgan fingerprint density at radius 2 is 1.79 bits per heavy atom. The third-order valence-electron chi connectivity index (χ3n) is 12.3. The number of aliphatic carboxylic acids is 1. The Labute approximate surface area is 233 Å². The monoisotopic (exact) mass is 544 g/mol. The van der Waals surface area contributed by atoms with Gasteiger partial charge in [0.05, 0.1) is 17.4 Å². The van der Waals surface area contributed by atoms with E-state index in [1.165, 1.54) is 18.1 Å². The largest absolute Gasteiger partial charge is 0.481 e. The summed E-state index contributed by atoms with van der Waals surface area (Å²) in [6, 6.07) is 0. The van der Waals surface area contributed by atoms with E-state index in [4.69, 9.17) is 14.2 Å². The van der Waals surface area contributed by atoms with E-state index in [0.717, 1.165) is 25.7 Å². The third kappa shape index (κ3) is 4.11. The van der Waals surface area contributed by atoms with Crippen LogP contribution in [0.5, 0.6) is 0 Å². The summed E-state index contributed by atoms with van der Waals surface area (Å²) >= 11 is 0. The Kier molecular flexibility index (Phi) is 6.46. The number of ether oxygens (including phenoxy) is 3. The zero-order chi connectivity index (χ0) is 28.9. The molecule has 0 amide bonds. The molecular formula is C32H48O7. The summed E-state index contributed by atoms with van der Waals surface area (Å²) in [5, 5.41) is 10.2. The lowest BCUT2D eigenvalue weighted by atomic mass is 9.37. The van der Waals surface area contributed by atoms with Crippen LogP contribution in [0.3, 0.4) is 0 Å². The average molecular weight is 545 g/mol. The molecule has 9 atom stereocenters. The maximum atomic E-state index is 13.1. The number of carboxylic acids is 1. The molecule has 0 aromatic heterocycles. The van der Waals surface area contributed by atoms with Gasteiger partial charge in [-0.2, -0.15) is 0 Å². The van der Waals surface area contributed by atoms with Crippen LogP contribution in [0.1, 0.15) is 107 Å². The van der Waals surface area contributed by atoms with Gasteiger partial charge in [0.1, 0.15) is 18.3 Å². The van der Waals surface area contributed by atoms with Gasteiger partial charge < -0.3 is 19.3 Å². The number of hydrogen-bond donors (Lipinski definition) is 1. The number of fused-ring (bicyclic) bond motifs is 2. The van der Waals surface area contributed by atoms with Crippen LogP contribution in [-0.2, 0) is 28.6 Å². The highest BCUT2D eigenvalue weighted by atomic mass is 16.6. The molecule has 1 unspecified atom stereocenters. The summed E-state index contributed by atoms with van der Waals surface area (Å²) in [4.78, 5) is 37.4. The van der Waals surface area contributed by atoms with Crippen LogP contribution in [-0.4, -0.2) is 46.9 Å². The molecular weight excluding hydrogens is 496 g/mol. The molecule has 3 aliphatic carbocycles. The molecule has 1 N–H and O–H groups in total. The van der Waals surface area contributed by atoms with Crippen LogP contribution in [0.4, 0.5) is 0 Å². The first-order valence-electron chi connectivity index (χ1n) is 14.9. The highest BCUT2D eigenvalue weighted by molar-refractivity contribution is 5.76. The Morgan fingerprint density at radius 3 is 2.36 bits per heavy atom. The highest BCUT2D eigenvalue weighted by Crippen LogP contribution is 2.74. The fourth-order valence-electron chi connectivity index (χ4n) is 10.2. The second-order valence-electron chi connectivity index (χ2n) is 15.2. The molecule has 5 rings (SSSR count). The lowest BCUT2D eigenvalue weighted by molar-refractivity contribution is -0.237. The molecule has 2 saturated carbocycles. The molecule has 0 spiro atoms. The Bertz CT molecular complexity index is 1120. The molecule has 0 bridgehead atoms. The fourth-order valence-corrected chi connectivity index (χ4v) is 10.2. The van der Waals surface area contributed by atoms with Crippen LogP contribution in [0.15, 0.2) is 11.1 Å². The Hall–Kier alpha value is -1.89. The first kappa shape index (κ1) is 28.6.